The van der Waals surface area contributed by atoms with E-state index in [-0.39, 0.29) is 41.3 Å². The van der Waals surface area contributed by atoms with Crippen molar-refractivity contribution in [1.82, 2.24) is 10.2 Å². The van der Waals surface area contributed by atoms with Crippen molar-refractivity contribution in [3.63, 3.8) is 0 Å². The topological polar surface area (TPSA) is 91.7 Å². The normalized spacial score (nSPS) is 15.7. The predicted molar refractivity (Wildman–Crippen MR) is 133 cm³/mol. The summed E-state index contributed by atoms with van der Waals surface area (Å²) in [4.78, 5) is 28.2. The summed E-state index contributed by atoms with van der Waals surface area (Å²) in [6.07, 6.45) is -4.78. The fourth-order valence-corrected chi connectivity index (χ4v) is 4.28. The molecule has 0 amide bonds. The number of allylic oxidation sites excluding steroid dienone is 2. The Labute approximate surface area is 219 Å². The van der Waals surface area contributed by atoms with Crippen molar-refractivity contribution in [2.24, 2.45) is 0 Å². The number of carbonyl (C=O) groups excluding carboxylic acids is 2. The van der Waals surface area contributed by atoms with Gasteiger partial charge in [-0.3, -0.25) is 4.90 Å². The third-order valence-electron chi connectivity index (χ3n) is 5.97. The van der Waals surface area contributed by atoms with Crippen molar-refractivity contribution in [1.29, 1.82) is 5.26 Å². The molecule has 1 atom stereocenters. The summed E-state index contributed by atoms with van der Waals surface area (Å²) in [7, 11) is 1.84. The highest BCUT2D eigenvalue weighted by Crippen LogP contribution is 2.44. The average molecular weight is 528 g/mol. The van der Waals surface area contributed by atoms with E-state index in [9.17, 15) is 28.0 Å². The zero-order valence-electron chi connectivity index (χ0n) is 21.3. The van der Waals surface area contributed by atoms with Gasteiger partial charge in [0.25, 0.3) is 0 Å². The molecule has 0 bridgehead atoms. The number of hydrogen-bond donors (Lipinski definition) is 1. The van der Waals surface area contributed by atoms with E-state index in [0.717, 1.165) is 11.6 Å². The van der Waals surface area contributed by atoms with Gasteiger partial charge in [-0.2, -0.15) is 18.4 Å². The molecule has 3 rings (SSSR count). The van der Waals surface area contributed by atoms with E-state index in [0.29, 0.717) is 13.1 Å². The van der Waals surface area contributed by atoms with Gasteiger partial charge in [0.05, 0.1) is 29.2 Å². The lowest BCUT2D eigenvalue weighted by atomic mass is 9.78. The first kappa shape index (κ1) is 28.5. The molecule has 0 saturated heterocycles. The molecule has 0 spiro atoms. The maximum Gasteiger partial charge on any atom is 0.416 e. The summed E-state index contributed by atoms with van der Waals surface area (Å²) in [6.45, 7) is 3.81. The van der Waals surface area contributed by atoms with Crippen LogP contribution in [-0.4, -0.2) is 43.6 Å². The highest BCUT2D eigenvalue weighted by Gasteiger charge is 2.44. The number of benzene rings is 2. The van der Waals surface area contributed by atoms with Crippen LogP contribution < -0.4 is 5.32 Å². The van der Waals surface area contributed by atoms with Gasteiger partial charge < -0.3 is 14.8 Å². The number of dihydropyridines is 1. The average Bonchev–Trinajstić information content (AvgIpc) is 2.88. The molecule has 2 aromatic carbocycles. The second kappa shape index (κ2) is 12.4. The Kier molecular flexibility index (Phi) is 9.31. The minimum absolute atomic E-state index is 0.0455. The molecular weight excluding hydrogens is 499 g/mol. The summed E-state index contributed by atoms with van der Waals surface area (Å²) in [5, 5.41) is 12.4. The molecule has 1 unspecified atom stereocenters. The van der Waals surface area contributed by atoms with Crippen molar-refractivity contribution < 1.29 is 32.2 Å². The van der Waals surface area contributed by atoms with Gasteiger partial charge in [-0.25, -0.2) is 9.59 Å². The van der Waals surface area contributed by atoms with Gasteiger partial charge in [-0.1, -0.05) is 48.5 Å². The van der Waals surface area contributed by atoms with Crippen LogP contribution in [-0.2, 0) is 31.8 Å². The monoisotopic (exact) mass is 527 g/mol. The van der Waals surface area contributed by atoms with Gasteiger partial charge >= 0.3 is 18.1 Å². The second-order valence-electron chi connectivity index (χ2n) is 8.66. The molecule has 1 N–H and O–H groups in total. The first-order valence-electron chi connectivity index (χ1n) is 11.9. The molecular formula is C28H28F3N3O4. The van der Waals surface area contributed by atoms with E-state index in [2.05, 4.69) is 5.32 Å². The minimum Gasteiger partial charge on any atom is -0.463 e. The molecule has 38 heavy (non-hydrogen) atoms. The van der Waals surface area contributed by atoms with Crippen molar-refractivity contribution in [2.75, 3.05) is 26.8 Å². The number of alkyl halides is 3. The largest absolute Gasteiger partial charge is 0.463 e. The van der Waals surface area contributed by atoms with Gasteiger partial charge in [0.1, 0.15) is 18.4 Å². The van der Waals surface area contributed by atoms with E-state index in [1.54, 1.807) is 0 Å². The molecule has 0 fully saturated rings. The zero-order valence-corrected chi connectivity index (χ0v) is 21.3. The molecule has 2 aromatic rings. The van der Waals surface area contributed by atoms with Crippen LogP contribution in [0.25, 0.3) is 0 Å². The van der Waals surface area contributed by atoms with Crippen LogP contribution in [0.3, 0.4) is 0 Å². The van der Waals surface area contributed by atoms with Crippen LogP contribution >= 0.6 is 0 Å². The number of hydrogen-bond acceptors (Lipinski definition) is 7. The Balaban J connectivity index is 1.95. The number of likely N-dealkylation sites (N-methyl/N-ethyl adjacent to an activating group) is 1. The number of nitrogens with zero attached hydrogens (tertiary/aromatic N) is 2. The van der Waals surface area contributed by atoms with E-state index in [1.165, 1.54) is 32.0 Å². The maximum atomic E-state index is 14.0. The van der Waals surface area contributed by atoms with Crippen LogP contribution in [0, 0.1) is 11.3 Å². The Morgan fingerprint density at radius 3 is 2.29 bits per heavy atom. The highest BCUT2D eigenvalue weighted by molar-refractivity contribution is 6.00. The number of rotatable bonds is 9. The zero-order chi connectivity index (χ0) is 27.9. The number of esters is 2. The molecule has 0 aliphatic carbocycles. The molecule has 1 aliphatic heterocycles. The quantitative estimate of drug-likeness (QED) is 0.474. The van der Waals surface area contributed by atoms with Crippen molar-refractivity contribution in [3.05, 3.63) is 93.8 Å². The van der Waals surface area contributed by atoms with E-state index in [1.807, 2.05) is 48.3 Å². The van der Waals surface area contributed by atoms with Crippen molar-refractivity contribution in [2.45, 2.75) is 32.5 Å². The summed E-state index contributed by atoms with van der Waals surface area (Å²) >= 11 is 0. The van der Waals surface area contributed by atoms with Crippen LogP contribution in [0.5, 0.6) is 0 Å². The lowest BCUT2D eigenvalue weighted by molar-refractivity contribution is -0.142. The number of nitriles is 1. The van der Waals surface area contributed by atoms with Crippen molar-refractivity contribution >= 4 is 11.9 Å². The Bertz CT molecular complexity index is 1280. The third-order valence-corrected chi connectivity index (χ3v) is 5.97. The molecule has 0 radical (unpaired) electrons. The highest BCUT2D eigenvalue weighted by atomic mass is 19.4. The first-order chi connectivity index (χ1) is 18.1. The number of carbonyl (C=O) groups is 2. The molecule has 1 aliphatic rings. The summed E-state index contributed by atoms with van der Waals surface area (Å²) in [6, 6.07) is 16.1. The predicted octanol–water partition coefficient (Wildman–Crippen LogP) is 4.68. The molecule has 10 heteroatoms. The second-order valence-corrected chi connectivity index (χ2v) is 8.66. The smallest absolute Gasteiger partial charge is 0.416 e. The van der Waals surface area contributed by atoms with E-state index >= 15 is 0 Å². The molecule has 1 heterocycles. The molecule has 7 nitrogen and oxygen atoms in total. The van der Waals surface area contributed by atoms with Gasteiger partial charge in [0, 0.05) is 18.8 Å². The van der Waals surface area contributed by atoms with Gasteiger partial charge in [0.15, 0.2) is 0 Å². The Morgan fingerprint density at radius 2 is 1.66 bits per heavy atom. The Morgan fingerprint density at radius 1 is 1.03 bits per heavy atom. The van der Waals surface area contributed by atoms with Crippen molar-refractivity contribution in [3.8, 4) is 6.07 Å². The van der Waals surface area contributed by atoms with Crippen LogP contribution in [0.15, 0.2) is 77.1 Å². The van der Waals surface area contributed by atoms with Crippen LogP contribution in [0.1, 0.15) is 36.5 Å². The summed E-state index contributed by atoms with van der Waals surface area (Å²) in [5.74, 6) is -3.43. The molecule has 200 valence electrons. The minimum atomic E-state index is -4.78. The molecule has 0 aromatic heterocycles. The fraction of sp³-hybridized carbons (Fsp3) is 0.321. The summed E-state index contributed by atoms with van der Waals surface area (Å²) < 4.78 is 52.6. The fourth-order valence-electron chi connectivity index (χ4n) is 4.28. The van der Waals surface area contributed by atoms with Gasteiger partial charge in [-0.15, -0.1) is 0 Å². The SMILES string of the molecule is CCOC(=O)C1=C(C#N)NC(C)=C(C(=O)OCCN(C)Cc2ccccc2)C1c1ccccc1C(F)(F)F. The van der Waals surface area contributed by atoms with E-state index < -0.39 is 29.6 Å². The van der Waals surface area contributed by atoms with Crippen LogP contribution in [0.4, 0.5) is 13.2 Å². The number of nitrogens with one attached hydrogen (secondary N) is 1. The van der Waals surface area contributed by atoms with Crippen LogP contribution in [0.2, 0.25) is 0 Å². The third kappa shape index (κ3) is 6.61. The summed E-state index contributed by atoms with van der Waals surface area (Å²) in [5.41, 5.74) is -1.09. The lowest BCUT2D eigenvalue weighted by Gasteiger charge is -2.31. The Hall–Kier alpha value is -4.10. The standard InChI is InChI=1S/C28H28F3N3O4/c1-4-37-27(36)25-22(16-32)33-18(2)23(24(25)20-12-8-9-13-21(20)28(29,30)31)26(35)38-15-14-34(3)17-19-10-6-5-7-11-19/h5-13,24,33H,4,14-15,17H2,1-3H3. The first-order valence-corrected chi connectivity index (χ1v) is 11.9. The lowest BCUT2D eigenvalue weighted by Crippen LogP contribution is -2.34. The number of ether oxygens (including phenoxy) is 2. The van der Waals surface area contributed by atoms with Gasteiger partial charge in [-0.05, 0) is 38.1 Å². The van der Waals surface area contributed by atoms with Gasteiger partial charge in [0.2, 0.25) is 0 Å². The van der Waals surface area contributed by atoms with E-state index in [4.69, 9.17) is 9.47 Å². The maximum absolute atomic E-state index is 14.0. The molecule has 0 saturated carbocycles. The number of halogens is 3.